The van der Waals surface area contributed by atoms with Crippen molar-refractivity contribution in [3.63, 3.8) is 0 Å². The van der Waals surface area contributed by atoms with Crippen LogP contribution in [0.5, 0.6) is 0 Å². The van der Waals surface area contributed by atoms with Gasteiger partial charge in [-0.2, -0.15) is 0 Å². The lowest BCUT2D eigenvalue weighted by atomic mass is 9.79. The predicted molar refractivity (Wildman–Crippen MR) is 127 cm³/mol. The van der Waals surface area contributed by atoms with Gasteiger partial charge in [0.25, 0.3) is 0 Å². The molecule has 2 saturated heterocycles. The monoisotopic (exact) mass is 450 g/mol. The highest BCUT2D eigenvalue weighted by Gasteiger charge is 2.51. The van der Waals surface area contributed by atoms with Gasteiger partial charge in [-0.15, -0.1) is 0 Å². The number of rotatable bonds is 5. The van der Waals surface area contributed by atoms with E-state index < -0.39 is 30.5 Å². The summed E-state index contributed by atoms with van der Waals surface area (Å²) >= 11 is 0. The summed E-state index contributed by atoms with van der Waals surface area (Å²) in [6.07, 6.45) is 0.887. The summed E-state index contributed by atoms with van der Waals surface area (Å²) in [7, 11) is -0.511. The molecule has 2 aromatic rings. The molecule has 0 spiro atoms. The molecule has 2 aliphatic rings. The number of anilines is 1. The molecule has 2 amide bonds. The highest BCUT2D eigenvalue weighted by Crippen LogP contribution is 2.36. The summed E-state index contributed by atoms with van der Waals surface area (Å²) in [4.78, 5) is 27.2. The Labute approximate surface area is 195 Å². The van der Waals surface area contributed by atoms with Crippen molar-refractivity contribution >= 4 is 30.3 Å². The third kappa shape index (κ3) is 5.07. The zero-order valence-electron chi connectivity index (χ0n) is 19.7. The fourth-order valence-corrected chi connectivity index (χ4v) is 4.03. The zero-order valence-corrected chi connectivity index (χ0v) is 19.7. The minimum Gasteiger partial charge on any atom is -0.445 e. The first kappa shape index (κ1) is 23.3. The van der Waals surface area contributed by atoms with Crippen LogP contribution in [0, 0.1) is 0 Å². The molecule has 0 radical (unpaired) electrons. The summed E-state index contributed by atoms with van der Waals surface area (Å²) in [6.45, 7) is 8.70. The Morgan fingerprint density at radius 1 is 1.06 bits per heavy atom. The molecule has 7 nitrogen and oxygen atoms in total. The van der Waals surface area contributed by atoms with Gasteiger partial charge in [0.1, 0.15) is 12.6 Å². The number of nitrogens with one attached hydrogen (secondary N) is 1. The molecule has 2 heterocycles. The van der Waals surface area contributed by atoms with E-state index in [9.17, 15) is 9.59 Å². The van der Waals surface area contributed by atoms with Crippen LogP contribution in [0.2, 0.25) is 0 Å². The third-order valence-corrected chi connectivity index (χ3v) is 6.67. The molecule has 8 heteroatoms. The molecule has 4 rings (SSSR count). The van der Waals surface area contributed by atoms with E-state index in [0.29, 0.717) is 18.7 Å². The van der Waals surface area contributed by atoms with Crippen molar-refractivity contribution in [3.05, 3.63) is 60.2 Å². The lowest BCUT2D eigenvalue weighted by molar-refractivity contribution is -0.120. The molecule has 1 N–H and O–H groups in total. The predicted octanol–water partition coefficient (Wildman–Crippen LogP) is 3.73. The Morgan fingerprint density at radius 2 is 1.76 bits per heavy atom. The van der Waals surface area contributed by atoms with Crippen molar-refractivity contribution in [3.8, 4) is 0 Å². The molecule has 0 unspecified atom stereocenters. The second-order valence-electron chi connectivity index (χ2n) is 9.59. The summed E-state index contributed by atoms with van der Waals surface area (Å²) in [5, 5.41) is 2.95. The smallest absolute Gasteiger partial charge is 0.445 e. The lowest BCUT2D eigenvalue weighted by Gasteiger charge is -2.32. The highest BCUT2D eigenvalue weighted by atomic mass is 16.7. The van der Waals surface area contributed by atoms with E-state index in [1.54, 1.807) is 0 Å². The number of nitrogens with zero attached hydrogens (tertiary/aromatic N) is 1. The zero-order chi connectivity index (χ0) is 23.6. The second-order valence-corrected chi connectivity index (χ2v) is 9.59. The Morgan fingerprint density at radius 3 is 2.45 bits per heavy atom. The summed E-state index contributed by atoms with van der Waals surface area (Å²) in [5.41, 5.74) is 1.49. The van der Waals surface area contributed by atoms with Gasteiger partial charge in [-0.1, -0.05) is 42.5 Å². The van der Waals surface area contributed by atoms with E-state index in [1.165, 1.54) is 4.90 Å². The van der Waals surface area contributed by atoms with Crippen LogP contribution in [0.4, 0.5) is 10.5 Å². The number of benzene rings is 2. The lowest BCUT2D eigenvalue weighted by Crippen LogP contribution is -2.43. The molecular weight excluding hydrogens is 419 g/mol. The van der Waals surface area contributed by atoms with E-state index in [-0.39, 0.29) is 12.5 Å². The van der Waals surface area contributed by atoms with Crippen LogP contribution in [0.3, 0.4) is 0 Å². The fourth-order valence-electron chi connectivity index (χ4n) is 4.03. The van der Waals surface area contributed by atoms with Gasteiger partial charge in [-0.3, -0.25) is 9.69 Å². The standard InChI is InChI=1S/C25H31BN2O5/c1-24(2)25(3,4)33-26(32-24)19-12-8-13-20(16-19)27-22(29)21-14-9-15-28(21)23(30)31-17-18-10-6-5-7-11-18/h5-8,10-13,16,21H,9,14-15,17H2,1-4H3,(H,27,29)/t21-/m0/s1. The Kier molecular flexibility index (Phi) is 6.50. The van der Waals surface area contributed by atoms with Crippen molar-refractivity contribution in [2.45, 2.75) is 64.4 Å². The first-order chi connectivity index (χ1) is 15.7. The molecular formula is C25H31BN2O5. The first-order valence-corrected chi connectivity index (χ1v) is 11.4. The van der Waals surface area contributed by atoms with Crippen LogP contribution in [-0.2, 0) is 25.4 Å². The van der Waals surface area contributed by atoms with Gasteiger partial charge in [0.2, 0.25) is 5.91 Å². The van der Waals surface area contributed by atoms with Crippen LogP contribution >= 0.6 is 0 Å². The van der Waals surface area contributed by atoms with Crippen molar-refractivity contribution in [2.75, 3.05) is 11.9 Å². The number of hydrogen-bond donors (Lipinski definition) is 1. The maximum absolute atomic E-state index is 13.0. The van der Waals surface area contributed by atoms with Crippen LogP contribution in [0.1, 0.15) is 46.1 Å². The summed E-state index contributed by atoms with van der Waals surface area (Å²) in [5.74, 6) is -0.227. The van der Waals surface area contributed by atoms with Crippen LogP contribution in [0.15, 0.2) is 54.6 Å². The van der Waals surface area contributed by atoms with Crippen LogP contribution in [-0.4, -0.2) is 47.8 Å². The number of ether oxygens (including phenoxy) is 1. The first-order valence-electron chi connectivity index (χ1n) is 11.4. The highest BCUT2D eigenvalue weighted by molar-refractivity contribution is 6.62. The average molecular weight is 450 g/mol. The van der Waals surface area contributed by atoms with E-state index in [0.717, 1.165) is 17.4 Å². The molecule has 2 aliphatic heterocycles. The summed E-state index contributed by atoms with van der Waals surface area (Å²) < 4.78 is 17.7. The Balaban J connectivity index is 1.38. The Hall–Kier alpha value is -2.84. The van der Waals surface area contributed by atoms with Gasteiger partial charge in [0.05, 0.1) is 11.2 Å². The maximum Gasteiger partial charge on any atom is 0.494 e. The van der Waals surface area contributed by atoms with E-state index in [1.807, 2.05) is 82.3 Å². The quantitative estimate of drug-likeness (QED) is 0.703. The van der Waals surface area contributed by atoms with Crippen molar-refractivity contribution in [1.82, 2.24) is 4.90 Å². The average Bonchev–Trinajstić information content (AvgIpc) is 3.35. The number of likely N-dealkylation sites (tertiary alicyclic amines) is 1. The summed E-state index contributed by atoms with van der Waals surface area (Å²) in [6, 6.07) is 16.4. The SMILES string of the molecule is CC1(C)OB(c2cccc(NC(=O)[C@@H]3CCCN3C(=O)OCc3ccccc3)c2)OC1(C)C. The number of carbonyl (C=O) groups is 2. The number of hydrogen-bond acceptors (Lipinski definition) is 5. The van der Waals surface area contributed by atoms with Gasteiger partial charge in [0, 0.05) is 12.2 Å². The largest absolute Gasteiger partial charge is 0.494 e. The van der Waals surface area contributed by atoms with Gasteiger partial charge < -0.3 is 19.4 Å². The molecule has 0 aliphatic carbocycles. The maximum atomic E-state index is 13.0. The molecule has 0 aromatic heterocycles. The molecule has 174 valence electrons. The fraction of sp³-hybridized carbons (Fsp3) is 0.440. The minimum absolute atomic E-state index is 0.181. The van der Waals surface area contributed by atoms with Gasteiger partial charge >= 0.3 is 13.2 Å². The molecule has 0 saturated carbocycles. The van der Waals surface area contributed by atoms with E-state index >= 15 is 0 Å². The van der Waals surface area contributed by atoms with Crippen LogP contribution in [0.25, 0.3) is 0 Å². The molecule has 1 atom stereocenters. The van der Waals surface area contributed by atoms with E-state index in [4.69, 9.17) is 14.0 Å². The van der Waals surface area contributed by atoms with E-state index in [2.05, 4.69) is 5.32 Å². The molecule has 2 fully saturated rings. The third-order valence-electron chi connectivity index (χ3n) is 6.67. The second kappa shape index (κ2) is 9.19. The topological polar surface area (TPSA) is 77.1 Å². The number of amides is 2. The van der Waals surface area contributed by atoms with Crippen molar-refractivity contribution in [1.29, 1.82) is 0 Å². The number of carbonyl (C=O) groups excluding carboxylic acids is 2. The molecule has 33 heavy (non-hydrogen) atoms. The van der Waals surface area contributed by atoms with Gasteiger partial charge in [-0.05, 0) is 63.7 Å². The minimum atomic E-state index is -0.561. The van der Waals surface area contributed by atoms with Crippen molar-refractivity contribution in [2.24, 2.45) is 0 Å². The van der Waals surface area contributed by atoms with Crippen molar-refractivity contribution < 1.29 is 23.6 Å². The Bertz CT molecular complexity index is 995. The van der Waals surface area contributed by atoms with Gasteiger partial charge in [-0.25, -0.2) is 4.79 Å². The molecule has 2 aromatic carbocycles. The normalized spacial score (nSPS) is 21.2. The van der Waals surface area contributed by atoms with Gasteiger partial charge in [0.15, 0.2) is 0 Å². The van der Waals surface area contributed by atoms with Crippen LogP contribution < -0.4 is 10.8 Å². The molecule has 0 bridgehead atoms.